The van der Waals surface area contributed by atoms with Gasteiger partial charge in [-0.3, -0.25) is 0 Å². The Hall–Kier alpha value is -1.64. The van der Waals surface area contributed by atoms with E-state index in [2.05, 4.69) is 4.72 Å². The smallest absolute Gasteiger partial charge is 0.351 e. The van der Waals surface area contributed by atoms with Crippen LogP contribution >= 0.6 is 0 Å². The van der Waals surface area contributed by atoms with Crippen LogP contribution in [-0.4, -0.2) is 40.9 Å². The summed E-state index contributed by atoms with van der Waals surface area (Å²) >= 11 is 0. The number of carbonyl (C=O) groups is 1. The van der Waals surface area contributed by atoms with E-state index in [1.807, 2.05) is 0 Å². The third-order valence-electron chi connectivity index (χ3n) is 3.03. The van der Waals surface area contributed by atoms with Gasteiger partial charge < -0.3 is 14.2 Å². The minimum Gasteiger partial charge on any atom is -0.497 e. The van der Waals surface area contributed by atoms with Crippen LogP contribution in [0.3, 0.4) is 0 Å². The summed E-state index contributed by atoms with van der Waals surface area (Å²) in [4.78, 5) is 11.9. The van der Waals surface area contributed by atoms with Gasteiger partial charge in [0.05, 0.1) is 18.6 Å². The Morgan fingerprint density at radius 1 is 1.17 bits per heavy atom. The molecule has 1 N–H and O–H groups in total. The van der Waals surface area contributed by atoms with Gasteiger partial charge in [-0.25, -0.2) is 13.2 Å². The number of aryl methyl sites for hydroxylation is 2. The van der Waals surface area contributed by atoms with Gasteiger partial charge in [0.15, 0.2) is 0 Å². The summed E-state index contributed by atoms with van der Waals surface area (Å²) in [6.45, 7) is 6.89. The number of benzene rings is 1. The maximum absolute atomic E-state index is 12.6. The van der Waals surface area contributed by atoms with Crippen molar-refractivity contribution in [2.24, 2.45) is 0 Å². The zero-order valence-corrected chi connectivity index (χ0v) is 14.8. The number of ether oxygens (including phenoxy) is 3. The fourth-order valence-corrected chi connectivity index (χ4v) is 3.72. The highest BCUT2D eigenvalue weighted by Gasteiger charge is 2.29. The first-order valence-electron chi connectivity index (χ1n) is 7.22. The molecule has 0 saturated heterocycles. The van der Waals surface area contributed by atoms with Gasteiger partial charge in [0, 0.05) is 6.61 Å². The fraction of sp³-hybridized carbons (Fsp3) is 0.533. The van der Waals surface area contributed by atoms with Crippen LogP contribution in [0.4, 0.5) is 0 Å². The molecule has 1 rings (SSSR count). The zero-order chi connectivity index (χ0) is 17.6. The molecule has 0 heterocycles. The van der Waals surface area contributed by atoms with Gasteiger partial charge >= 0.3 is 5.97 Å². The number of sulfonamides is 1. The third-order valence-corrected chi connectivity index (χ3v) is 4.74. The number of hydrogen-bond donors (Lipinski definition) is 1. The van der Waals surface area contributed by atoms with E-state index in [4.69, 9.17) is 14.2 Å². The van der Waals surface area contributed by atoms with Crippen LogP contribution in [0.2, 0.25) is 0 Å². The monoisotopic (exact) mass is 345 g/mol. The second-order valence-corrected chi connectivity index (χ2v) is 6.45. The van der Waals surface area contributed by atoms with Crippen molar-refractivity contribution in [1.82, 2.24) is 4.72 Å². The van der Waals surface area contributed by atoms with Crippen molar-refractivity contribution in [2.75, 3.05) is 20.3 Å². The van der Waals surface area contributed by atoms with Crippen molar-refractivity contribution < 1.29 is 27.4 Å². The molecule has 23 heavy (non-hydrogen) atoms. The lowest BCUT2D eigenvalue weighted by Gasteiger charge is -2.19. The number of rotatable bonds is 8. The van der Waals surface area contributed by atoms with Crippen LogP contribution in [0.5, 0.6) is 5.75 Å². The number of hydrogen-bond acceptors (Lipinski definition) is 6. The molecule has 1 atom stereocenters. The Bertz CT molecular complexity index is 633. The number of esters is 1. The molecule has 130 valence electrons. The second-order valence-electron chi connectivity index (χ2n) is 4.80. The first-order valence-corrected chi connectivity index (χ1v) is 8.70. The highest BCUT2D eigenvalue weighted by molar-refractivity contribution is 7.89. The maximum atomic E-state index is 12.6. The van der Waals surface area contributed by atoms with Gasteiger partial charge in [-0.2, -0.15) is 4.72 Å². The third kappa shape index (κ3) is 4.92. The molecule has 8 heteroatoms. The maximum Gasteiger partial charge on any atom is 0.351 e. The predicted molar refractivity (Wildman–Crippen MR) is 84.8 cm³/mol. The molecule has 0 saturated carbocycles. The van der Waals surface area contributed by atoms with Gasteiger partial charge in [-0.05, 0) is 51.0 Å². The van der Waals surface area contributed by atoms with Crippen molar-refractivity contribution in [3.8, 4) is 5.75 Å². The summed E-state index contributed by atoms with van der Waals surface area (Å²) in [6, 6.07) is 3.23. The molecule has 7 nitrogen and oxygen atoms in total. The Morgan fingerprint density at radius 3 is 2.17 bits per heavy atom. The molecule has 0 bridgehead atoms. The first-order chi connectivity index (χ1) is 10.8. The standard InChI is InChI=1S/C15H23NO6S/c1-6-21-14(15(17)22-7-2)16-23(18,19)13-10(3)8-12(20-5)9-11(13)4/h8-9,14,16H,6-7H2,1-5H3. The molecule has 1 aromatic rings. The van der Waals surface area contributed by atoms with Crippen LogP contribution in [0.15, 0.2) is 17.0 Å². The quantitative estimate of drug-likeness (QED) is 0.567. The average molecular weight is 345 g/mol. The molecular weight excluding hydrogens is 322 g/mol. The van der Waals surface area contributed by atoms with E-state index in [1.165, 1.54) is 7.11 Å². The molecule has 0 aliphatic rings. The van der Waals surface area contributed by atoms with Gasteiger partial charge in [0.25, 0.3) is 0 Å². The largest absolute Gasteiger partial charge is 0.497 e. The first kappa shape index (κ1) is 19.4. The highest BCUT2D eigenvalue weighted by Crippen LogP contribution is 2.25. The molecule has 0 fully saturated rings. The van der Waals surface area contributed by atoms with Gasteiger partial charge in [-0.15, -0.1) is 0 Å². The molecular formula is C15H23NO6S. The second kappa shape index (κ2) is 8.28. The predicted octanol–water partition coefficient (Wildman–Crippen LogP) is 1.52. The van der Waals surface area contributed by atoms with E-state index in [9.17, 15) is 13.2 Å². The van der Waals surface area contributed by atoms with Crippen LogP contribution in [0, 0.1) is 13.8 Å². The van der Waals surface area contributed by atoms with E-state index >= 15 is 0 Å². The Morgan fingerprint density at radius 2 is 1.74 bits per heavy atom. The van der Waals surface area contributed by atoms with Crippen molar-refractivity contribution in [2.45, 2.75) is 38.8 Å². The molecule has 0 aliphatic carbocycles. The van der Waals surface area contributed by atoms with E-state index in [0.29, 0.717) is 16.9 Å². The van der Waals surface area contributed by atoms with Crippen molar-refractivity contribution >= 4 is 16.0 Å². The summed E-state index contributed by atoms with van der Waals surface area (Å²) in [5.74, 6) is -0.215. The van der Waals surface area contributed by atoms with Crippen molar-refractivity contribution in [3.05, 3.63) is 23.3 Å². The number of nitrogens with one attached hydrogen (secondary N) is 1. The summed E-state index contributed by atoms with van der Waals surface area (Å²) in [7, 11) is -2.46. The Balaban J connectivity index is 3.17. The minimum atomic E-state index is -3.96. The molecule has 1 aromatic carbocycles. The van der Waals surface area contributed by atoms with Crippen molar-refractivity contribution in [1.29, 1.82) is 0 Å². The minimum absolute atomic E-state index is 0.0901. The molecule has 0 aliphatic heterocycles. The zero-order valence-electron chi connectivity index (χ0n) is 14.0. The summed E-state index contributed by atoms with van der Waals surface area (Å²) in [5, 5.41) is 0. The summed E-state index contributed by atoms with van der Waals surface area (Å²) in [5.41, 5.74) is 1.02. The van der Waals surface area contributed by atoms with E-state index < -0.39 is 22.2 Å². The summed E-state index contributed by atoms with van der Waals surface area (Å²) in [6.07, 6.45) is -1.38. The Kier molecular flexibility index (Phi) is 6.99. The highest BCUT2D eigenvalue weighted by atomic mass is 32.2. The van der Waals surface area contributed by atoms with Crippen LogP contribution in [-0.2, 0) is 24.3 Å². The molecule has 0 aromatic heterocycles. The van der Waals surface area contributed by atoms with Crippen LogP contribution in [0.1, 0.15) is 25.0 Å². The van der Waals surface area contributed by atoms with Crippen LogP contribution < -0.4 is 9.46 Å². The lowest BCUT2D eigenvalue weighted by molar-refractivity contribution is -0.157. The van der Waals surface area contributed by atoms with Crippen LogP contribution in [0.25, 0.3) is 0 Å². The topological polar surface area (TPSA) is 90.9 Å². The molecule has 1 unspecified atom stereocenters. The molecule has 0 spiro atoms. The number of methoxy groups -OCH3 is 1. The number of carbonyl (C=O) groups excluding carboxylic acids is 1. The fourth-order valence-electron chi connectivity index (χ4n) is 2.19. The SMILES string of the molecule is CCOC(=O)C(NS(=O)(=O)c1c(C)cc(OC)cc1C)OCC. The van der Waals surface area contributed by atoms with Gasteiger partial charge in [0.2, 0.25) is 16.3 Å². The lowest BCUT2D eigenvalue weighted by atomic mass is 10.1. The van der Waals surface area contributed by atoms with Gasteiger partial charge in [0.1, 0.15) is 5.75 Å². The average Bonchev–Trinajstić information content (AvgIpc) is 2.45. The van der Waals surface area contributed by atoms with E-state index in [-0.39, 0.29) is 18.1 Å². The molecule has 0 amide bonds. The van der Waals surface area contributed by atoms with Gasteiger partial charge in [-0.1, -0.05) is 0 Å². The lowest BCUT2D eigenvalue weighted by Crippen LogP contribution is -2.44. The summed E-state index contributed by atoms with van der Waals surface area (Å²) < 4.78 is 42.6. The molecule has 0 radical (unpaired) electrons. The Labute approximate surface area is 137 Å². The van der Waals surface area contributed by atoms with E-state index in [1.54, 1.807) is 39.8 Å². The normalized spacial score (nSPS) is 12.7. The van der Waals surface area contributed by atoms with E-state index in [0.717, 1.165) is 0 Å². The van der Waals surface area contributed by atoms with Crippen molar-refractivity contribution in [3.63, 3.8) is 0 Å².